The van der Waals surface area contributed by atoms with Crippen LogP contribution in [0.2, 0.25) is 0 Å². The van der Waals surface area contributed by atoms with Gasteiger partial charge in [-0.25, -0.2) is 0 Å². The van der Waals surface area contributed by atoms with Gasteiger partial charge in [0.05, 0.1) is 5.82 Å². The van der Waals surface area contributed by atoms with Crippen LogP contribution in [0.4, 0.5) is 0 Å². The first-order valence-corrected chi connectivity index (χ1v) is 9.21. The van der Waals surface area contributed by atoms with Gasteiger partial charge in [-0.2, -0.15) is 0 Å². The Bertz CT molecular complexity index is 197. The van der Waals surface area contributed by atoms with Gasteiger partial charge in [-0.3, -0.25) is 0 Å². The minimum absolute atomic E-state index is 0.783. The lowest BCUT2D eigenvalue weighted by atomic mass is 10.2. The van der Waals surface area contributed by atoms with Crippen LogP contribution in [0.25, 0.3) is 0 Å². The van der Waals surface area contributed by atoms with E-state index in [4.69, 9.17) is 0 Å². The Balaban J connectivity index is 0.000000461. The molecule has 2 N–H and O–H groups in total. The molecule has 1 aliphatic heterocycles. The molecule has 0 saturated carbocycles. The van der Waals surface area contributed by atoms with Gasteiger partial charge in [0.25, 0.3) is 0 Å². The largest absolute Gasteiger partial charge is 0.348 e. The molecule has 2 nitrogen and oxygen atoms in total. The van der Waals surface area contributed by atoms with Crippen LogP contribution in [0.15, 0.2) is 36.4 Å². The van der Waals surface area contributed by atoms with Crippen molar-refractivity contribution in [3.8, 4) is 0 Å². The Kier molecular flexibility index (Phi) is 6.02. The smallest absolute Gasteiger partial charge is 0.0997 e. The number of hydrogen-bond donors (Lipinski definition) is 2. The van der Waals surface area contributed by atoms with Crippen molar-refractivity contribution in [3.63, 3.8) is 0 Å². The summed E-state index contributed by atoms with van der Waals surface area (Å²) in [5.74, 6) is 0.783. The van der Waals surface area contributed by atoms with E-state index in [1.807, 2.05) is 13.1 Å². The lowest BCUT2D eigenvalue weighted by Gasteiger charge is -2.17. The van der Waals surface area contributed by atoms with Gasteiger partial charge in [-0.1, -0.05) is 13.2 Å². The Hall–Kier alpha value is 0.280. The highest BCUT2D eigenvalue weighted by Crippen LogP contribution is 2.06. The van der Waals surface area contributed by atoms with Gasteiger partial charge in [0, 0.05) is 49.1 Å². The summed E-state index contributed by atoms with van der Waals surface area (Å²) in [5, 5.41) is 5.89. The summed E-state index contributed by atoms with van der Waals surface area (Å²) in [6.45, 7) is 9.42. The Morgan fingerprint density at radius 1 is 1.36 bits per heavy atom. The molecule has 1 heterocycles. The first-order valence-electron chi connectivity index (χ1n) is 2.93. The molecule has 1 rings (SSSR count). The highest BCUT2D eigenvalue weighted by molar-refractivity contribution is 15.0. The maximum atomic E-state index is 3.77. The second kappa shape index (κ2) is 5.87. The fourth-order valence-corrected chi connectivity index (χ4v) is 0.599. The second-order valence-electron chi connectivity index (χ2n) is 2.05. The molecule has 0 radical (unpaired) electrons. The fraction of sp³-hybridized carbons (Fsp3) is 0.143. The van der Waals surface area contributed by atoms with E-state index in [1.54, 1.807) is 0 Å². The van der Waals surface area contributed by atoms with Gasteiger partial charge in [0.1, 0.15) is 0 Å². The van der Waals surface area contributed by atoms with E-state index in [0.29, 0.717) is 0 Å². The van der Waals surface area contributed by atoms with Crippen molar-refractivity contribution >= 4 is 37.2 Å². The van der Waals surface area contributed by atoms with E-state index >= 15 is 0 Å². The molecule has 0 aromatic heterocycles. The van der Waals surface area contributed by atoms with E-state index < -0.39 is 0 Å². The van der Waals surface area contributed by atoms with Crippen LogP contribution in [0, 0.1) is 0 Å². The summed E-state index contributed by atoms with van der Waals surface area (Å²) in [4.78, 5) is 0. The summed E-state index contributed by atoms with van der Waals surface area (Å²) in [7, 11) is 0. The standard InChI is InChI=1S/C7H10N2.I2/c1-5-4-8-7(3)9-6(5)2;1-2/h4,8-9H,2-3H2,1H3;. The predicted molar refractivity (Wildman–Crippen MR) is 66.3 cm³/mol. The van der Waals surface area contributed by atoms with Gasteiger partial charge >= 0.3 is 0 Å². The van der Waals surface area contributed by atoms with Crippen molar-refractivity contribution in [1.29, 1.82) is 0 Å². The number of hydrogen-bond acceptors (Lipinski definition) is 2. The maximum Gasteiger partial charge on any atom is 0.0997 e. The van der Waals surface area contributed by atoms with Crippen molar-refractivity contribution in [2.75, 3.05) is 0 Å². The van der Waals surface area contributed by atoms with Crippen LogP contribution >= 0.6 is 37.2 Å². The van der Waals surface area contributed by atoms with E-state index in [1.165, 1.54) is 0 Å². The third-order valence-electron chi connectivity index (χ3n) is 1.24. The molecule has 1 aliphatic rings. The van der Waals surface area contributed by atoms with Crippen LogP contribution in [0.3, 0.4) is 0 Å². The molecule has 4 heteroatoms. The van der Waals surface area contributed by atoms with Crippen molar-refractivity contribution in [2.45, 2.75) is 6.92 Å². The van der Waals surface area contributed by atoms with E-state index in [9.17, 15) is 0 Å². The predicted octanol–water partition coefficient (Wildman–Crippen LogP) is 2.84. The molecule has 0 saturated heterocycles. The number of halogens is 2. The van der Waals surface area contributed by atoms with Gasteiger partial charge in [0.2, 0.25) is 0 Å². The molecule has 0 aromatic carbocycles. The summed E-state index contributed by atoms with van der Waals surface area (Å²) >= 11 is 4.24. The second-order valence-corrected chi connectivity index (χ2v) is 2.05. The minimum atomic E-state index is 0.783. The molecule has 0 aliphatic carbocycles. The monoisotopic (exact) mass is 376 g/mol. The molecule has 0 spiro atoms. The van der Waals surface area contributed by atoms with Gasteiger partial charge in [-0.15, -0.1) is 0 Å². The van der Waals surface area contributed by atoms with Crippen LogP contribution < -0.4 is 10.6 Å². The van der Waals surface area contributed by atoms with Crippen LogP contribution in [-0.4, -0.2) is 0 Å². The average molecular weight is 376 g/mol. The van der Waals surface area contributed by atoms with Gasteiger partial charge < -0.3 is 10.6 Å². The number of allylic oxidation sites excluding steroid dienone is 1. The fourth-order valence-electron chi connectivity index (χ4n) is 0.599. The Morgan fingerprint density at radius 2 is 1.91 bits per heavy atom. The zero-order valence-corrected chi connectivity index (χ0v) is 10.6. The van der Waals surface area contributed by atoms with E-state index in [0.717, 1.165) is 17.1 Å². The molecule has 62 valence electrons. The third-order valence-corrected chi connectivity index (χ3v) is 1.24. The van der Waals surface area contributed by atoms with E-state index in [-0.39, 0.29) is 0 Å². The summed E-state index contributed by atoms with van der Waals surface area (Å²) in [6, 6.07) is 0. The lowest BCUT2D eigenvalue weighted by Crippen LogP contribution is -2.26. The summed E-state index contributed by atoms with van der Waals surface area (Å²) in [6.07, 6.45) is 1.88. The highest BCUT2D eigenvalue weighted by Gasteiger charge is 2.02. The molecule has 11 heavy (non-hydrogen) atoms. The zero-order chi connectivity index (χ0) is 8.85. The van der Waals surface area contributed by atoms with Crippen molar-refractivity contribution in [1.82, 2.24) is 10.6 Å². The van der Waals surface area contributed by atoms with Crippen molar-refractivity contribution in [2.24, 2.45) is 0 Å². The molecule has 0 unspecified atom stereocenters. The first-order chi connectivity index (χ1) is 5.20. The van der Waals surface area contributed by atoms with Crippen molar-refractivity contribution in [3.05, 3.63) is 36.4 Å². The molecule has 0 aromatic rings. The Labute approximate surface area is 90.5 Å². The quantitative estimate of drug-likeness (QED) is 0.636. The molecular weight excluding hydrogens is 366 g/mol. The van der Waals surface area contributed by atoms with Crippen LogP contribution in [-0.2, 0) is 0 Å². The summed E-state index contributed by atoms with van der Waals surface area (Å²) < 4.78 is 0. The minimum Gasteiger partial charge on any atom is -0.348 e. The molecule has 0 amide bonds. The zero-order valence-electron chi connectivity index (χ0n) is 6.25. The number of nitrogens with one attached hydrogen (secondary N) is 2. The SMILES string of the molecule is C=C1NC=C(C)C(=C)N1.II. The van der Waals surface area contributed by atoms with Crippen LogP contribution in [0.5, 0.6) is 0 Å². The third kappa shape index (κ3) is 4.00. The molecule has 0 fully saturated rings. The first kappa shape index (κ1) is 11.3. The van der Waals surface area contributed by atoms with Gasteiger partial charge in [-0.05, 0) is 12.5 Å². The van der Waals surface area contributed by atoms with Gasteiger partial charge in [0.15, 0.2) is 0 Å². The number of rotatable bonds is 0. The van der Waals surface area contributed by atoms with Crippen LogP contribution in [0.1, 0.15) is 6.92 Å². The molecule has 0 bridgehead atoms. The normalized spacial score (nSPS) is 15.4. The van der Waals surface area contributed by atoms with Crippen molar-refractivity contribution < 1.29 is 0 Å². The molecule has 0 atom stereocenters. The Morgan fingerprint density at radius 3 is 2.27 bits per heavy atom. The molecular formula is C7H10I2N2. The lowest BCUT2D eigenvalue weighted by molar-refractivity contribution is 0.835. The topological polar surface area (TPSA) is 24.1 Å². The van der Waals surface area contributed by atoms with E-state index in [2.05, 4.69) is 61.0 Å². The summed E-state index contributed by atoms with van der Waals surface area (Å²) in [5.41, 5.74) is 2.03. The highest BCUT2D eigenvalue weighted by atomic mass is 128. The maximum absolute atomic E-state index is 3.77. The average Bonchev–Trinajstić information content (AvgIpc) is 2.02.